The van der Waals surface area contributed by atoms with E-state index >= 15 is 0 Å². The van der Waals surface area contributed by atoms with Crippen LogP contribution in [0.15, 0.2) is 0 Å². The van der Waals surface area contributed by atoms with Crippen LogP contribution in [0.1, 0.15) is 12.8 Å². The summed E-state index contributed by atoms with van der Waals surface area (Å²) < 4.78 is 5.20. The van der Waals surface area contributed by atoms with E-state index in [0.29, 0.717) is 6.54 Å². The van der Waals surface area contributed by atoms with Gasteiger partial charge in [0.05, 0.1) is 12.7 Å². The second kappa shape index (κ2) is 4.56. The molecule has 0 atom stereocenters. The standard InChI is InChI=1S/C9H16N2O2/c1-13-9(8-10)2-4-11(5-3-9)6-7-12/h12H,2-7H2,1H3. The minimum absolute atomic E-state index is 0.187. The number of ether oxygens (including phenoxy) is 1. The number of β-amino-alcohol motifs (C(OH)–C–C–N with tert-alkyl or cyclic N) is 1. The topological polar surface area (TPSA) is 56.5 Å². The van der Waals surface area contributed by atoms with Gasteiger partial charge in [-0.2, -0.15) is 5.26 Å². The second-order valence-corrected chi connectivity index (χ2v) is 3.38. The van der Waals surface area contributed by atoms with Crippen molar-refractivity contribution < 1.29 is 9.84 Å². The molecule has 0 amide bonds. The van der Waals surface area contributed by atoms with Gasteiger partial charge >= 0.3 is 0 Å². The van der Waals surface area contributed by atoms with Crippen LogP contribution in [0, 0.1) is 11.3 Å². The molecule has 1 heterocycles. The average Bonchev–Trinajstić information content (AvgIpc) is 2.20. The lowest BCUT2D eigenvalue weighted by Gasteiger charge is -2.35. The number of methoxy groups -OCH3 is 1. The fourth-order valence-corrected chi connectivity index (χ4v) is 1.64. The van der Waals surface area contributed by atoms with Gasteiger partial charge in [0, 0.05) is 39.6 Å². The third-order valence-corrected chi connectivity index (χ3v) is 2.67. The number of nitriles is 1. The summed E-state index contributed by atoms with van der Waals surface area (Å²) in [5.41, 5.74) is -0.577. The van der Waals surface area contributed by atoms with Gasteiger partial charge in [0.25, 0.3) is 0 Å². The van der Waals surface area contributed by atoms with Crippen LogP contribution in [-0.4, -0.2) is 49.0 Å². The smallest absolute Gasteiger partial charge is 0.156 e. The Morgan fingerprint density at radius 2 is 2.15 bits per heavy atom. The van der Waals surface area contributed by atoms with E-state index in [9.17, 15) is 0 Å². The molecule has 4 nitrogen and oxygen atoms in total. The lowest BCUT2D eigenvalue weighted by atomic mass is 9.93. The molecule has 1 saturated heterocycles. The number of hydrogen-bond acceptors (Lipinski definition) is 4. The lowest BCUT2D eigenvalue weighted by Crippen LogP contribution is -2.45. The highest BCUT2D eigenvalue weighted by molar-refractivity contribution is 5.04. The van der Waals surface area contributed by atoms with Crippen molar-refractivity contribution >= 4 is 0 Å². The molecule has 0 saturated carbocycles. The molecule has 4 heteroatoms. The molecule has 0 aromatic carbocycles. The molecule has 0 radical (unpaired) electrons. The largest absolute Gasteiger partial charge is 0.395 e. The Kier molecular flexibility index (Phi) is 3.67. The normalized spacial score (nSPS) is 22.5. The van der Waals surface area contributed by atoms with E-state index in [-0.39, 0.29) is 6.61 Å². The summed E-state index contributed by atoms with van der Waals surface area (Å²) in [5, 5.41) is 17.6. The Balaban J connectivity index is 2.42. The first kappa shape index (κ1) is 10.5. The molecule has 1 fully saturated rings. The number of aliphatic hydroxyl groups excluding tert-OH is 1. The van der Waals surface area contributed by atoms with Gasteiger partial charge in [0.2, 0.25) is 0 Å². The molecule has 74 valence electrons. The zero-order valence-corrected chi connectivity index (χ0v) is 7.99. The fraction of sp³-hybridized carbons (Fsp3) is 0.889. The Labute approximate surface area is 78.7 Å². The van der Waals surface area contributed by atoms with Crippen molar-refractivity contribution in [1.82, 2.24) is 4.90 Å². The van der Waals surface area contributed by atoms with E-state index < -0.39 is 5.60 Å². The van der Waals surface area contributed by atoms with E-state index in [4.69, 9.17) is 15.1 Å². The summed E-state index contributed by atoms with van der Waals surface area (Å²) >= 11 is 0. The lowest BCUT2D eigenvalue weighted by molar-refractivity contribution is -0.0164. The molecule has 1 aliphatic heterocycles. The molecule has 13 heavy (non-hydrogen) atoms. The van der Waals surface area contributed by atoms with Gasteiger partial charge in [-0.3, -0.25) is 0 Å². The minimum Gasteiger partial charge on any atom is -0.395 e. The van der Waals surface area contributed by atoms with E-state index in [2.05, 4.69) is 11.0 Å². The Morgan fingerprint density at radius 1 is 1.54 bits per heavy atom. The zero-order chi connectivity index (χ0) is 9.73. The predicted octanol–water partition coefficient (Wildman–Crippen LogP) is -0.0167. The van der Waals surface area contributed by atoms with Crippen molar-refractivity contribution in [2.45, 2.75) is 18.4 Å². The first-order valence-electron chi connectivity index (χ1n) is 4.56. The van der Waals surface area contributed by atoms with Crippen molar-refractivity contribution in [3.05, 3.63) is 0 Å². The third-order valence-electron chi connectivity index (χ3n) is 2.67. The summed E-state index contributed by atoms with van der Waals surface area (Å²) in [5.74, 6) is 0. The Hall–Kier alpha value is -0.630. The molecule has 0 aromatic rings. The quantitative estimate of drug-likeness (QED) is 0.670. The van der Waals surface area contributed by atoms with Gasteiger partial charge in [0.1, 0.15) is 0 Å². The molecule has 0 aromatic heterocycles. The molecule has 0 bridgehead atoms. The van der Waals surface area contributed by atoms with E-state index in [0.717, 1.165) is 25.9 Å². The van der Waals surface area contributed by atoms with Gasteiger partial charge in [-0.25, -0.2) is 0 Å². The maximum atomic E-state index is 8.91. The highest BCUT2D eigenvalue weighted by atomic mass is 16.5. The molecular formula is C9H16N2O2. The molecule has 1 rings (SSSR count). The van der Waals surface area contributed by atoms with Gasteiger partial charge < -0.3 is 14.7 Å². The van der Waals surface area contributed by atoms with E-state index in [1.165, 1.54) is 0 Å². The highest BCUT2D eigenvalue weighted by Crippen LogP contribution is 2.24. The first-order chi connectivity index (χ1) is 6.26. The van der Waals surface area contributed by atoms with Gasteiger partial charge in [-0.1, -0.05) is 0 Å². The van der Waals surface area contributed by atoms with Gasteiger partial charge in [-0.15, -0.1) is 0 Å². The van der Waals surface area contributed by atoms with Gasteiger partial charge in [0.15, 0.2) is 5.60 Å². The number of rotatable bonds is 3. The fourth-order valence-electron chi connectivity index (χ4n) is 1.64. The van der Waals surface area contributed by atoms with Crippen LogP contribution in [0.4, 0.5) is 0 Å². The second-order valence-electron chi connectivity index (χ2n) is 3.38. The summed E-state index contributed by atoms with van der Waals surface area (Å²) in [7, 11) is 1.59. The SMILES string of the molecule is COC1(C#N)CCN(CCO)CC1. The number of nitrogens with zero attached hydrogens (tertiary/aromatic N) is 2. The predicted molar refractivity (Wildman–Crippen MR) is 48.1 cm³/mol. The maximum Gasteiger partial charge on any atom is 0.156 e. The summed E-state index contributed by atoms with van der Waals surface area (Å²) in [4.78, 5) is 2.15. The molecule has 0 unspecified atom stereocenters. The summed E-state index contributed by atoms with van der Waals surface area (Å²) in [6.45, 7) is 2.56. The highest BCUT2D eigenvalue weighted by Gasteiger charge is 2.34. The monoisotopic (exact) mass is 184 g/mol. The van der Waals surface area contributed by atoms with Crippen LogP contribution < -0.4 is 0 Å². The van der Waals surface area contributed by atoms with Crippen molar-refractivity contribution in [2.24, 2.45) is 0 Å². The summed E-state index contributed by atoms with van der Waals surface area (Å²) in [6, 6.07) is 2.22. The van der Waals surface area contributed by atoms with Crippen molar-refractivity contribution in [3.8, 4) is 6.07 Å². The number of likely N-dealkylation sites (tertiary alicyclic amines) is 1. The molecule has 0 aliphatic carbocycles. The minimum atomic E-state index is -0.577. The van der Waals surface area contributed by atoms with E-state index in [1.54, 1.807) is 7.11 Å². The molecular weight excluding hydrogens is 168 g/mol. The van der Waals surface area contributed by atoms with Crippen molar-refractivity contribution in [2.75, 3.05) is 33.4 Å². The van der Waals surface area contributed by atoms with Crippen LogP contribution in [0.25, 0.3) is 0 Å². The molecule has 0 spiro atoms. The number of hydrogen-bond donors (Lipinski definition) is 1. The number of aliphatic hydroxyl groups is 1. The van der Waals surface area contributed by atoms with Crippen LogP contribution in [0.5, 0.6) is 0 Å². The van der Waals surface area contributed by atoms with Gasteiger partial charge in [-0.05, 0) is 0 Å². The first-order valence-corrected chi connectivity index (χ1v) is 4.56. The van der Waals surface area contributed by atoms with Crippen molar-refractivity contribution in [3.63, 3.8) is 0 Å². The third kappa shape index (κ3) is 2.41. The Bertz CT molecular complexity index is 192. The summed E-state index contributed by atoms with van der Waals surface area (Å²) in [6.07, 6.45) is 1.47. The average molecular weight is 184 g/mol. The zero-order valence-electron chi connectivity index (χ0n) is 7.99. The van der Waals surface area contributed by atoms with Crippen LogP contribution in [-0.2, 0) is 4.74 Å². The van der Waals surface area contributed by atoms with Crippen LogP contribution in [0.3, 0.4) is 0 Å². The van der Waals surface area contributed by atoms with Crippen molar-refractivity contribution in [1.29, 1.82) is 5.26 Å². The van der Waals surface area contributed by atoms with Crippen LogP contribution in [0.2, 0.25) is 0 Å². The van der Waals surface area contributed by atoms with E-state index in [1.807, 2.05) is 0 Å². The van der Waals surface area contributed by atoms with Crippen LogP contribution >= 0.6 is 0 Å². The molecule has 1 aliphatic rings. The maximum absolute atomic E-state index is 8.91. The Morgan fingerprint density at radius 3 is 2.54 bits per heavy atom. The molecule has 1 N–H and O–H groups in total. The number of piperidine rings is 1.